The van der Waals surface area contributed by atoms with Crippen LogP contribution in [0.4, 0.5) is 4.39 Å². The summed E-state index contributed by atoms with van der Waals surface area (Å²) in [6, 6.07) is 18.4. The molecule has 0 unspecified atom stereocenters. The highest BCUT2D eigenvalue weighted by Crippen LogP contribution is 2.26. The van der Waals surface area contributed by atoms with E-state index in [0.29, 0.717) is 29.6 Å². The lowest BCUT2D eigenvalue weighted by Crippen LogP contribution is -2.26. The minimum atomic E-state index is -0.369. The van der Waals surface area contributed by atoms with Crippen molar-refractivity contribution in [1.82, 2.24) is 20.1 Å². The van der Waals surface area contributed by atoms with E-state index < -0.39 is 0 Å². The third kappa shape index (κ3) is 5.65. The lowest BCUT2D eigenvalue weighted by atomic mass is 10.1. The van der Waals surface area contributed by atoms with Gasteiger partial charge in [-0.3, -0.25) is 4.79 Å². The van der Waals surface area contributed by atoms with Gasteiger partial charge in [0, 0.05) is 13.1 Å². The topological polar surface area (TPSA) is 83.6 Å². The van der Waals surface area contributed by atoms with Crippen molar-refractivity contribution in [2.24, 2.45) is 0 Å². The fourth-order valence-electron chi connectivity index (χ4n) is 2.76. The second-order valence-corrected chi connectivity index (χ2v) is 7.16. The van der Waals surface area contributed by atoms with Gasteiger partial charge in [0.25, 0.3) is 0 Å². The van der Waals surface area contributed by atoms with E-state index in [1.165, 1.54) is 17.8 Å². The number of aryl methyl sites for hydroxylation is 1. The Labute approximate surface area is 172 Å². The van der Waals surface area contributed by atoms with E-state index in [9.17, 15) is 9.18 Å². The quantitative estimate of drug-likeness (QED) is 0.432. The summed E-state index contributed by atoms with van der Waals surface area (Å²) in [6.07, 6.45) is 0.989. The highest BCUT2D eigenvalue weighted by Gasteiger charge is 2.18. The Balaban J connectivity index is 1.79. The SMILES string of the molecule is N#CCCNC(=O)CSc1nnc(-c2ccccc2F)n1CCc1ccccc1. The van der Waals surface area contributed by atoms with Crippen molar-refractivity contribution in [3.05, 3.63) is 66.0 Å². The van der Waals surface area contributed by atoms with Crippen molar-refractivity contribution in [1.29, 1.82) is 5.26 Å². The van der Waals surface area contributed by atoms with Crippen LogP contribution in [-0.4, -0.2) is 33.0 Å². The van der Waals surface area contributed by atoms with Gasteiger partial charge in [0.15, 0.2) is 11.0 Å². The number of hydrogen-bond donors (Lipinski definition) is 1. The second-order valence-electron chi connectivity index (χ2n) is 6.22. The Morgan fingerprint density at radius 3 is 2.66 bits per heavy atom. The first-order chi connectivity index (χ1) is 14.2. The summed E-state index contributed by atoms with van der Waals surface area (Å²) in [5.41, 5.74) is 1.52. The number of nitrogens with zero attached hydrogens (tertiary/aromatic N) is 4. The molecule has 148 valence electrons. The summed E-state index contributed by atoms with van der Waals surface area (Å²) in [5, 5.41) is 20.2. The van der Waals surface area contributed by atoms with E-state index in [1.807, 2.05) is 41.0 Å². The fraction of sp³-hybridized carbons (Fsp3) is 0.238. The van der Waals surface area contributed by atoms with Gasteiger partial charge in [0.2, 0.25) is 5.91 Å². The number of nitrogens with one attached hydrogen (secondary N) is 1. The Hall–Kier alpha value is -3.18. The number of carbonyl (C=O) groups excluding carboxylic acids is 1. The molecule has 29 heavy (non-hydrogen) atoms. The van der Waals surface area contributed by atoms with Crippen LogP contribution in [0.2, 0.25) is 0 Å². The van der Waals surface area contributed by atoms with Crippen molar-refractivity contribution >= 4 is 17.7 Å². The maximum atomic E-state index is 14.3. The Bertz CT molecular complexity index is 1000. The van der Waals surface area contributed by atoms with Gasteiger partial charge in [-0.2, -0.15) is 5.26 Å². The van der Waals surface area contributed by atoms with Crippen LogP contribution in [0.25, 0.3) is 11.4 Å². The number of carbonyl (C=O) groups is 1. The maximum Gasteiger partial charge on any atom is 0.230 e. The van der Waals surface area contributed by atoms with Gasteiger partial charge < -0.3 is 9.88 Å². The number of nitriles is 1. The van der Waals surface area contributed by atoms with Crippen molar-refractivity contribution in [2.45, 2.75) is 24.5 Å². The standard InChI is InChI=1S/C21H20FN5OS/c22-18-10-5-4-9-17(18)20-25-26-21(29-15-19(28)24-13-6-12-23)27(20)14-11-16-7-2-1-3-8-16/h1-5,7-10H,6,11,13-15H2,(H,24,28). The molecular weight excluding hydrogens is 389 g/mol. The summed E-state index contributed by atoms with van der Waals surface area (Å²) < 4.78 is 16.2. The van der Waals surface area contributed by atoms with Crippen molar-refractivity contribution in [3.63, 3.8) is 0 Å². The molecule has 0 fully saturated rings. The molecule has 1 N–H and O–H groups in total. The predicted molar refractivity (Wildman–Crippen MR) is 110 cm³/mol. The maximum absolute atomic E-state index is 14.3. The van der Waals surface area contributed by atoms with Gasteiger partial charge in [0.1, 0.15) is 5.82 Å². The van der Waals surface area contributed by atoms with Crippen LogP contribution in [0.5, 0.6) is 0 Å². The molecule has 2 aromatic carbocycles. The molecule has 0 radical (unpaired) electrons. The lowest BCUT2D eigenvalue weighted by Gasteiger charge is -2.11. The molecule has 3 rings (SSSR count). The average molecular weight is 409 g/mol. The molecule has 1 amide bonds. The summed E-state index contributed by atoms with van der Waals surface area (Å²) in [7, 11) is 0. The zero-order chi connectivity index (χ0) is 20.5. The smallest absolute Gasteiger partial charge is 0.230 e. The van der Waals surface area contributed by atoms with E-state index in [2.05, 4.69) is 15.5 Å². The number of amides is 1. The predicted octanol–water partition coefficient (Wildman–Crippen LogP) is 3.45. The molecule has 0 aliphatic carbocycles. The van der Waals surface area contributed by atoms with Crippen LogP contribution in [0.1, 0.15) is 12.0 Å². The first kappa shape index (κ1) is 20.6. The van der Waals surface area contributed by atoms with Crippen LogP contribution >= 0.6 is 11.8 Å². The van der Waals surface area contributed by atoms with Gasteiger partial charge in [-0.05, 0) is 24.1 Å². The summed E-state index contributed by atoms with van der Waals surface area (Å²) in [4.78, 5) is 12.0. The van der Waals surface area contributed by atoms with E-state index in [0.717, 1.165) is 12.0 Å². The van der Waals surface area contributed by atoms with E-state index in [1.54, 1.807) is 18.2 Å². The van der Waals surface area contributed by atoms with Crippen molar-refractivity contribution < 1.29 is 9.18 Å². The highest BCUT2D eigenvalue weighted by atomic mass is 32.2. The molecule has 6 nitrogen and oxygen atoms in total. The van der Waals surface area contributed by atoms with Crippen LogP contribution in [0.3, 0.4) is 0 Å². The van der Waals surface area contributed by atoms with Gasteiger partial charge in [-0.15, -0.1) is 10.2 Å². The fourth-order valence-corrected chi connectivity index (χ4v) is 3.56. The van der Waals surface area contributed by atoms with Crippen LogP contribution in [0, 0.1) is 17.1 Å². The summed E-state index contributed by atoms with van der Waals surface area (Å²) >= 11 is 1.24. The van der Waals surface area contributed by atoms with Crippen LogP contribution in [-0.2, 0) is 17.8 Å². The monoisotopic (exact) mass is 409 g/mol. The van der Waals surface area contributed by atoms with Crippen molar-refractivity contribution in [2.75, 3.05) is 12.3 Å². The number of benzene rings is 2. The zero-order valence-electron chi connectivity index (χ0n) is 15.7. The highest BCUT2D eigenvalue weighted by molar-refractivity contribution is 7.99. The molecule has 0 atom stereocenters. The van der Waals surface area contributed by atoms with Gasteiger partial charge in [-0.25, -0.2) is 4.39 Å². The summed E-state index contributed by atoms with van der Waals surface area (Å²) in [5.74, 6) is 0.0278. The van der Waals surface area contributed by atoms with Crippen LogP contribution < -0.4 is 5.32 Å². The Kier molecular flexibility index (Phi) is 7.36. The molecule has 1 aromatic heterocycles. The van der Waals surface area contributed by atoms with E-state index >= 15 is 0 Å². The van der Waals surface area contributed by atoms with Crippen LogP contribution in [0.15, 0.2) is 59.8 Å². The molecule has 0 bridgehead atoms. The molecule has 8 heteroatoms. The van der Waals surface area contributed by atoms with Gasteiger partial charge >= 0.3 is 0 Å². The van der Waals surface area contributed by atoms with Gasteiger partial charge in [0.05, 0.1) is 23.8 Å². The van der Waals surface area contributed by atoms with Gasteiger partial charge in [-0.1, -0.05) is 54.2 Å². The number of thioether (sulfide) groups is 1. The molecule has 0 saturated carbocycles. The zero-order valence-corrected chi connectivity index (χ0v) is 16.5. The Morgan fingerprint density at radius 1 is 1.14 bits per heavy atom. The second kappa shape index (κ2) is 10.4. The number of hydrogen-bond acceptors (Lipinski definition) is 5. The molecule has 1 heterocycles. The number of halogens is 1. The minimum Gasteiger partial charge on any atom is -0.354 e. The first-order valence-corrected chi connectivity index (χ1v) is 10.2. The first-order valence-electron chi connectivity index (χ1n) is 9.17. The van der Waals surface area contributed by atoms with E-state index in [4.69, 9.17) is 5.26 Å². The third-order valence-corrected chi connectivity index (χ3v) is 5.16. The number of rotatable bonds is 9. The molecule has 0 aliphatic heterocycles. The lowest BCUT2D eigenvalue weighted by molar-refractivity contribution is -0.118. The van der Waals surface area contributed by atoms with Crippen molar-refractivity contribution in [3.8, 4) is 17.5 Å². The molecule has 0 aliphatic rings. The number of aromatic nitrogens is 3. The Morgan fingerprint density at radius 2 is 1.90 bits per heavy atom. The molecule has 0 spiro atoms. The average Bonchev–Trinajstić information content (AvgIpc) is 3.14. The largest absolute Gasteiger partial charge is 0.354 e. The summed E-state index contributed by atoms with van der Waals surface area (Å²) in [6.45, 7) is 0.871. The third-order valence-electron chi connectivity index (χ3n) is 4.19. The molecule has 0 saturated heterocycles. The molecular formula is C21H20FN5OS. The minimum absolute atomic E-state index is 0.145. The van der Waals surface area contributed by atoms with E-state index in [-0.39, 0.29) is 23.9 Å². The molecule has 3 aromatic rings. The normalized spacial score (nSPS) is 10.5.